The van der Waals surface area contributed by atoms with Crippen molar-refractivity contribution in [2.75, 3.05) is 37.9 Å². The number of piperidine rings is 1. The lowest BCUT2D eigenvalue weighted by Gasteiger charge is -2.31. The van der Waals surface area contributed by atoms with Gasteiger partial charge in [-0.05, 0) is 24.8 Å². The van der Waals surface area contributed by atoms with E-state index in [9.17, 15) is 4.79 Å². The highest BCUT2D eigenvalue weighted by molar-refractivity contribution is 5.91. The second-order valence-corrected chi connectivity index (χ2v) is 6.16. The monoisotopic (exact) mass is 382 g/mol. The summed E-state index contributed by atoms with van der Waals surface area (Å²) in [4.78, 5) is 21.9. The Morgan fingerprint density at radius 1 is 1.23 bits per heavy atom. The highest BCUT2D eigenvalue weighted by atomic mass is 35.5. The number of nitrogen functional groups attached to an aromatic ring is 1. The number of ether oxygens (including phenoxy) is 2. The fraction of sp³-hybridized carbons (Fsp3) is 0.471. The van der Waals surface area contributed by atoms with Crippen LogP contribution in [-0.4, -0.2) is 48.4 Å². The predicted molar refractivity (Wildman–Crippen MR) is 101 cm³/mol. The highest BCUT2D eigenvalue weighted by Crippen LogP contribution is 2.34. The molecule has 0 aliphatic carbocycles. The van der Waals surface area contributed by atoms with E-state index >= 15 is 0 Å². The van der Waals surface area contributed by atoms with Gasteiger partial charge in [-0.15, -0.1) is 12.4 Å². The van der Waals surface area contributed by atoms with Crippen LogP contribution in [0.5, 0.6) is 11.5 Å². The third-order valence-electron chi connectivity index (χ3n) is 4.58. The molecule has 0 saturated carbocycles. The van der Waals surface area contributed by atoms with Crippen molar-refractivity contribution in [1.82, 2.24) is 9.97 Å². The number of methoxy groups -OCH3 is 2. The van der Waals surface area contributed by atoms with E-state index in [-0.39, 0.29) is 24.7 Å². The van der Waals surface area contributed by atoms with Gasteiger partial charge in [-0.25, -0.2) is 4.98 Å². The van der Waals surface area contributed by atoms with Crippen molar-refractivity contribution in [3.63, 3.8) is 0 Å². The molecule has 1 aromatic heterocycles. The Kier molecular flexibility index (Phi) is 6.31. The van der Waals surface area contributed by atoms with Crippen LogP contribution in [0.4, 0.5) is 11.8 Å². The number of nitrogens with zero attached hydrogens (tertiary/aromatic N) is 3. The van der Waals surface area contributed by atoms with Crippen LogP contribution in [0.15, 0.2) is 12.1 Å². The van der Waals surface area contributed by atoms with Gasteiger partial charge in [-0.1, -0.05) is 0 Å². The topological polar surface area (TPSA) is 111 Å². The summed E-state index contributed by atoms with van der Waals surface area (Å²) in [7, 11) is 3.14. The van der Waals surface area contributed by atoms with E-state index in [4.69, 9.17) is 20.3 Å². The van der Waals surface area contributed by atoms with E-state index in [1.54, 1.807) is 26.4 Å². The summed E-state index contributed by atoms with van der Waals surface area (Å²) in [5, 5.41) is 9.63. The molecule has 0 bridgehead atoms. The van der Waals surface area contributed by atoms with E-state index in [0.29, 0.717) is 34.2 Å². The first-order valence-corrected chi connectivity index (χ1v) is 8.17. The first-order valence-electron chi connectivity index (χ1n) is 8.17. The number of fused-ring (bicyclic) bond motifs is 1. The molecule has 1 aliphatic rings. The maximum absolute atomic E-state index is 10.8. The van der Waals surface area contributed by atoms with Crippen LogP contribution in [0.1, 0.15) is 19.3 Å². The van der Waals surface area contributed by atoms with Crippen molar-refractivity contribution in [3.05, 3.63) is 12.1 Å². The first-order chi connectivity index (χ1) is 12.0. The van der Waals surface area contributed by atoms with Crippen molar-refractivity contribution in [2.24, 2.45) is 5.92 Å². The summed E-state index contributed by atoms with van der Waals surface area (Å²) in [5.74, 6) is 1.56. The highest BCUT2D eigenvalue weighted by Gasteiger charge is 2.23. The van der Waals surface area contributed by atoms with Gasteiger partial charge in [-0.3, -0.25) is 4.79 Å². The number of aromatic nitrogens is 2. The van der Waals surface area contributed by atoms with Crippen LogP contribution in [-0.2, 0) is 4.79 Å². The molecule has 0 atom stereocenters. The molecule has 9 heteroatoms. The van der Waals surface area contributed by atoms with Crippen LogP contribution in [0.3, 0.4) is 0 Å². The number of hydrogen-bond donors (Lipinski definition) is 2. The van der Waals surface area contributed by atoms with Crippen LogP contribution in [0, 0.1) is 5.92 Å². The Bertz CT molecular complexity index is 794. The van der Waals surface area contributed by atoms with Gasteiger partial charge >= 0.3 is 5.97 Å². The minimum absolute atomic E-state index is 0. The zero-order valence-corrected chi connectivity index (χ0v) is 15.6. The lowest BCUT2D eigenvalue weighted by atomic mass is 9.94. The maximum atomic E-state index is 10.8. The molecule has 0 spiro atoms. The van der Waals surface area contributed by atoms with Gasteiger partial charge in [0.1, 0.15) is 5.82 Å². The van der Waals surface area contributed by atoms with Crippen molar-refractivity contribution in [3.8, 4) is 11.5 Å². The average Bonchev–Trinajstić information content (AvgIpc) is 2.60. The number of hydrogen-bond acceptors (Lipinski definition) is 7. The summed E-state index contributed by atoms with van der Waals surface area (Å²) in [5.41, 5.74) is 6.81. The van der Waals surface area contributed by atoms with E-state index < -0.39 is 5.97 Å². The van der Waals surface area contributed by atoms with Crippen molar-refractivity contribution in [2.45, 2.75) is 19.3 Å². The van der Waals surface area contributed by atoms with Crippen molar-refractivity contribution in [1.29, 1.82) is 0 Å². The van der Waals surface area contributed by atoms with Crippen LogP contribution in [0.25, 0.3) is 10.9 Å². The van der Waals surface area contributed by atoms with E-state index in [1.807, 2.05) is 4.90 Å². The van der Waals surface area contributed by atoms with Crippen molar-refractivity contribution < 1.29 is 19.4 Å². The summed E-state index contributed by atoms with van der Waals surface area (Å²) in [6, 6.07) is 3.55. The molecule has 3 rings (SSSR count). The number of anilines is 2. The molecule has 0 unspecified atom stereocenters. The largest absolute Gasteiger partial charge is 0.493 e. The molecule has 1 aliphatic heterocycles. The standard InChI is InChI=1S/C17H22N4O4.ClH/c1-24-13-8-11-12(9-14(13)25-2)19-17(20-16(11)18)21-5-3-10(4-6-21)7-15(22)23;/h8-10H,3-7H2,1-2H3,(H,22,23)(H2,18,19,20);1H. The molecule has 26 heavy (non-hydrogen) atoms. The predicted octanol–water partition coefficient (Wildman–Crippen LogP) is 2.34. The Morgan fingerprint density at radius 2 is 1.85 bits per heavy atom. The van der Waals surface area contributed by atoms with Crippen LogP contribution >= 0.6 is 12.4 Å². The Labute approximate surface area is 157 Å². The maximum Gasteiger partial charge on any atom is 0.303 e. The Hall–Kier alpha value is -2.48. The zero-order chi connectivity index (χ0) is 18.0. The van der Waals surface area contributed by atoms with E-state index in [0.717, 1.165) is 25.9 Å². The molecule has 0 amide bonds. The number of carboxylic acid groups (broad SMARTS) is 1. The molecule has 8 nitrogen and oxygen atoms in total. The lowest BCUT2D eigenvalue weighted by Crippen LogP contribution is -2.35. The van der Waals surface area contributed by atoms with Gasteiger partial charge in [0.05, 0.1) is 19.7 Å². The minimum atomic E-state index is -0.745. The molecule has 2 heterocycles. The molecule has 1 saturated heterocycles. The zero-order valence-electron chi connectivity index (χ0n) is 14.8. The normalized spacial score (nSPS) is 14.8. The number of nitrogens with two attached hydrogens (primary N) is 1. The lowest BCUT2D eigenvalue weighted by molar-refractivity contribution is -0.138. The number of rotatable bonds is 5. The molecular weight excluding hydrogens is 360 g/mol. The molecule has 0 radical (unpaired) electrons. The quantitative estimate of drug-likeness (QED) is 0.810. The minimum Gasteiger partial charge on any atom is -0.493 e. The van der Waals surface area contributed by atoms with Crippen molar-refractivity contribution >= 4 is 41.0 Å². The molecule has 3 N–H and O–H groups in total. The van der Waals surface area contributed by atoms with Crippen LogP contribution in [0.2, 0.25) is 0 Å². The fourth-order valence-electron chi connectivity index (χ4n) is 3.19. The SMILES string of the molecule is COc1cc2nc(N3CCC(CC(=O)O)CC3)nc(N)c2cc1OC.Cl. The summed E-state index contributed by atoms with van der Waals surface area (Å²) < 4.78 is 10.6. The number of carbonyl (C=O) groups is 1. The third-order valence-corrected chi connectivity index (χ3v) is 4.58. The van der Waals surface area contributed by atoms with Gasteiger partial charge in [0.15, 0.2) is 11.5 Å². The van der Waals surface area contributed by atoms with Gasteiger partial charge in [0, 0.05) is 31.0 Å². The average molecular weight is 383 g/mol. The smallest absolute Gasteiger partial charge is 0.303 e. The summed E-state index contributed by atoms with van der Waals surface area (Å²) in [6.07, 6.45) is 1.82. The fourth-order valence-corrected chi connectivity index (χ4v) is 3.19. The number of carboxylic acids is 1. The van der Waals surface area contributed by atoms with E-state index in [2.05, 4.69) is 9.97 Å². The molecule has 142 valence electrons. The van der Waals surface area contributed by atoms with Gasteiger partial charge in [0.25, 0.3) is 0 Å². The summed E-state index contributed by atoms with van der Waals surface area (Å²) in [6.45, 7) is 1.44. The van der Waals surface area contributed by atoms with Gasteiger partial charge in [-0.2, -0.15) is 4.98 Å². The van der Waals surface area contributed by atoms with Gasteiger partial charge < -0.3 is 25.2 Å². The van der Waals surface area contributed by atoms with Crippen LogP contribution < -0.4 is 20.1 Å². The Balaban J connectivity index is 0.00000243. The molecular formula is C17H23ClN4O4. The molecule has 2 aromatic rings. The second kappa shape index (κ2) is 8.27. The number of aliphatic carboxylic acids is 1. The van der Waals surface area contributed by atoms with Gasteiger partial charge in [0.2, 0.25) is 5.95 Å². The molecule has 1 aromatic carbocycles. The third kappa shape index (κ3) is 4.01. The van der Waals surface area contributed by atoms with E-state index in [1.165, 1.54) is 0 Å². The summed E-state index contributed by atoms with van der Waals surface area (Å²) >= 11 is 0. The number of benzene rings is 1. The number of halogens is 1. The Morgan fingerprint density at radius 3 is 2.42 bits per heavy atom. The second-order valence-electron chi connectivity index (χ2n) is 6.16. The molecule has 1 fully saturated rings. The first kappa shape index (κ1) is 19.8.